The van der Waals surface area contributed by atoms with Crippen LogP contribution in [0, 0.1) is 5.41 Å². The minimum Gasteiger partial charge on any atom is -0.391 e. The fraction of sp³-hybridized carbons (Fsp3) is 0.545. The first-order valence-electron chi connectivity index (χ1n) is 11.2. The molecule has 0 aliphatic heterocycles. The highest BCUT2D eigenvalue weighted by atomic mass is 32.2. The Kier molecular flexibility index (Phi) is 11.8. The number of carbonyl (C=O) groups is 3. The van der Waals surface area contributed by atoms with Gasteiger partial charge < -0.3 is 26.4 Å². The molecule has 7 N–H and O–H groups in total. The van der Waals surface area contributed by atoms with Crippen LogP contribution in [0.4, 0.5) is 0 Å². The summed E-state index contributed by atoms with van der Waals surface area (Å²) in [5.74, 6) is -2.04. The second-order valence-electron chi connectivity index (χ2n) is 8.37. The van der Waals surface area contributed by atoms with Crippen molar-refractivity contribution in [3.63, 3.8) is 0 Å². The third kappa shape index (κ3) is 10.4. The van der Waals surface area contributed by atoms with E-state index in [1.807, 2.05) is 0 Å². The summed E-state index contributed by atoms with van der Waals surface area (Å²) < 4.78 is 26.4. The third-order valence-electron chi connectivity index (χ3n) is 5.05. The molecule has 0 saturated heterocycles. The van der Waals surface area contributed by atoms with Gasteiger partial charge in [0.25, 0.3) is 0 Å². The summed E-state index contributed by atoms with van der Waals surface area (Å²) in [7, 11) is -0.702. The standard InChI is InChI=1S/C22H36N6O6S.H2/c1-5-12-35(33,34)27-19(14(2)29)22(32)26-17(10-11-18(30)28(3)4)21(31)25-13-15-6-8-16(9-7-15)20(23)24;/h6-9,14,17,19,27,29H,5,10-13H2,1-4H3,(H3,23,24)(H,25,31)(H,26,32);1H/t14?,17-,19+;/m0./s1. The number of amidine groups is 1. The lowest BCUT2D eigenvalue weighted by Gasteiger charge is -2.25. The molecule has 0 radical (unpaired) electrons. The number of aliphatic hydroxyl groups is 1. The Morgan fingerprint density at radius 1 is 1.17 bits per heavy atom. The molecule has 13 heteroatoms. The van der Waals surface area contributed by atoms with E-state index in [4.69, 9.17) is 11.1 Å². The molecule has 1 aromatic rings. The summed E-state index contributed by atoms with van der Waals surface area (Å²) in [5, 5.41) is 22.6. The first-order chi connectivity index (χ1) is 16.3. The van der Waals surface area contributed by atoms with Gasteiger partial charge in [-0.1, -0.05) is 31.2 Å². The highest BCUT2D eigenvalue weighted by Gasteiger charge is 2.31. The lowest BCUT2D eigenvalue weighted by molar-refractivity contribution is -0.133. The molecule has 0 spiro atoms. The molecule has 1 aromatic carbocycles. The maximum atomic E-state index is 12.9. The van der Waals surface area contributed by atoms with Crippen molar-refractivity contribution in [3.05, 3.63) is 35.4 Å². The van der Waals surface area contributed by atoms with Crippen molar-refractivity contribution in [2.24, 2.45) is 5.73 Å². The molecule has 0 bridgehead atoms. The number of hydrogen-bond acceptors (Lipinski definition) is 7. The molecular weight excluding hydrogens is 476 g/mol. The zero-order chi connectivity index (χ0) is 26.8. The van der Waals surface area contributed by atoms with E-state index in [0.29, 0.717) is 17.5 Å². The SMILES string of the molecule is CCCS(=O)(=O)N[C@@H](C(=O)N[C@@H](CCC(=O)N(C)C)C(=O)NCc1ccc(C(=N)N)cc1)C(C)O.[HH]. The highest BCUT2D eigenvalue weighted by Crippen LogP contribution is 2.07. The van der Waals surface area contributed by atoms with Gasteiger partial charge in [-0.15, -0.1) is 0 Å². The van der Waals surface area contributed by atoms with Gasteiger partial charge in [-0.05, 0) is 25.3 Å². The Bertz CT molecular complexity index is 1000. The zero-order valence-electron chi connectivity index (χ0n) is 20.5. The molecular formula is C22H38N6O6S. The van der Waals surface area contributed by atoms with Crippen LogP contribution in [0.25, 0.3) is 0 Å². The number of benzene rings is 1. The number of rotatable bonds is 14. The van der Waals surface area contributed by atoms with Gasteiger partial charge in [-0.25, -0.2) is 13.1 Å². The van der Waals surface area contributed by atoms with Crippen molar-refractivity contribution in [1.82, 2.24) is 20.3 Å². The largest absolute Gasteiger partial charge is 0.391 e. The molecule has 3 amide bonds. The zero-order valence-corrected chi connectivity index (χ0v) is 21.3. The molecule has 1 unspecified atom stereocenters. The van der Waals surface area contributed by atoms with Crippen LogP contribution in [0.3, 0.4) is 0 Å². The number of carbonyl (C=O) groups excluding carboxylic acids is 3. The van der Waals surface area contributed by atoms with Gasteiger partial charge in [0, 0.05) is 34.1 Å². The molecule has 0 aliphatic rings. The lowest BCUT2D eigenvalue weighted by atomic mass is 10.1. The maximum Gasteiger partial charge on any atom is 0.242 e. The number of amides is 3. The van der Waals surface area contributed by atoms with E-state index in [-0.39, 0.29) is 38.3 Å². The topological polar surface area (TPSA) is 195 Å². The van der Waals surface area contributed by atoms with Crippen molar-refractivity contribution in [1.29, 1.82) is 5.41 Å². The first kappa shape index (κ1) is 30.0. The van der Waals surface area contributed by atoms with Crippen LogP contribution in [-0.4, -0.2) is 80.0 Å². The number of hydrogen-bond donors (Lipinski definition) is 6. The van der Waals surface area contributed by atoms with Crippen LogP contribution < -0.4 is 21.1 Å². The Morgan fingerprint density at radius 3 is 2.26 bits per heavy atom. The highest BCUT2D eigenvalue weighted by molar-refractivity contribution is 7.89. The van der Waals surface area contributed by atoms with Gasteiger partial charge in [0.05, 0.1) is 11.9 Å². The number of nitrogens with one attached hydrogen (secondary N) is 4. The minimum atomic E-state index is -3.83. The van der Waals surface area contributed by atoms with E-state index in [1.165, 1.54) is 11.8 Å². The van der Waals surface area contributed by atoms with Crippen molar-refractivity contribution in [2.45, 2.75) is 57.8 Å². The Hall–Kier alpha value is -3.03. The number of nitrogens with zero attached hydrogens (tertiary/aromatic N) is 1. The molecule has 1 rings (SSSR count). The average Bonchev–Trinajstić information content (AvgIpc) is 2.78. The van der Waals surface area contributed by atoms with Gasteiger partial charge in [0.1, 0.15) is 17.9 Å². The molecule has 0 saturated carbocycles. The molecule has 0 aliphatic carbocycles. The van der Waals surface area contributed by atoms with Crippen LogP contribution in [0.1, 0.15) is 45.7 Å². The van der Waals surface area contributed by atoms with E-state index in [1.54, 1.807) is 45.3 Å². The molecule has 12 nitrogen and oxygen atoms in total. The molecule has 0 heterocycles. The van der Waals surface area contributed by atoms with Crippen LogP contribution >= 0.6 is 0 Å². The van der Waals surface area contributed by atoms with E-state index in [0.717, 1.165) is 0 Å². The quantitative estimate of drug-likeness (QED) is 0.139. The summed E-state index contributed by atoms with van der Waals surface area (Å²) in [5.41, 5.74) is 6.68. The predicted molar refractivity (Wildman–Crippen MR) is 134 cm³/mol. The summed E-state index contributed by atoms with van der Waals surface area (Å²) >= 11 is 0. The smallest absolute Gasteiger partial charge is 0.242 e. The molecule has 3 atom stereocenters. The first-order valence-corrected chi connectivity index (χ1v) is 12.8. The summed E-state index contributed by atoms with van der Waals surface area (Å²) in [6.45, 7) is 3.02. The Morgan fingerprint density at radius 2 is 1.77 bits per heavy atom. The average molecular weight is 515 g/mol. The van der Waals surface area contributed by atoms with E-state index in [2.05, 4.69) is 15.4 Å². The van der Waals surface area contributed by atoms with E-state index >= 15 is 0 Å². The normalized spacial score (nSPS) is 13.9. The summed E-state index contributed by atoms with van der Waals surface area (Å²) in [6.07, 6.45) is -1.13. The van der Waals surface area contributed by atoms with Crippen molar-refractivity contribution >= 4 is 33.6 Å². The molecule has 35 heavy (non-hydrogen) atoms. The number of nitrogens with two attached hydrogens (primary N) is 1. The predicted octanol–water partition coefficient (Wildman–Crippen LogP) is -0.735. The number of sulfonamides is 1. The second-order valence-corrected chi connectivity index (χ2v) is 10.2. The van der Waals surface area contributed by atoms with Crippen molar-refractivity contribution in [2.75, 3.05) is 19.8 Å². The van der Waals surface area contributed by atoms with Crippen LogP contribution in [0.15, 0.2) is 24.3 Å². The van der Waals surface area contributed by atoms with Crippen molar-refractivity contribution in [3.8, 4) is 0 Å². The minimum absolute atomic E-state index is 0. The number of aliphatic hydroxyl groups excluding tert-OH is 1. The fourth-order valence-corrected chi connectivity index (χ4v) is 4.37. The molecule has 0 fully saturated rings. The van der Waals surface area contributed by atoms with Crippen LogP contribution in [0.2, 0.25) is 0 Å². The van der Waals surface area contributed by atoms with Gasteiger partial charge in [-0.3, -0.25) is 19.8 Å². The van der Waals surface area contributed by atoms with Crippen LogP contribution in [0.5, 0.6) is 0 Å². The van der Waals surface area contributed by atoms with Gasteiger partial charge in [0.15, 0.2) is 0 Å². The number of nitrogen functional groups attached to an aromatic ring is 1. The maximum absolute atomic E-state index is 12.9. The monoisotopic (exact) mass is 514 g/mol. The summed E-state index contributed by atoms with van der Waals surface area (Å²) in [6, 6.07) is 3.98. The van der Waals surface area contributed by atoms with Crippen LogP contribution in [-0.2, 0) is 31.0 Å². The fourth-order valence-electron chi connectivity index (χ4n) is 3.03. The second kappa shape index (κ2) is 13.8. The van der Waals surface area contributed by atoms with Gasteiger partial charge in [-0.2, -0.15) is 0 Å². The Balaban J connectivity index is 0.0000122. The molecule has 0 aromatic heterocycles. The van der Waals surface area contributed by atoms with E-state index < -0.39 is 40.0 Å². The van der Waals surface area contributed by atoms with Gasteiger partial charge >= 0.3 is 0 Å². The van der Waals surface area contributed by atoms with Crippen molar-refractivity contribution < 1.29 is 29.3 Å². The van der Waals surface area contributed by atoms with Gasteiger partial charge in [0.2, 0.25) is 27.7 Å². The van der Waals surface area contributed by atoms with E-state index in [9.17, 15) is 27.9 Å². The third-order valence-corrected chi connectivity index (χ3v) is 6.61. The Labute approximate surface area is 207 Å². The summed E-state index contributed by atoms with van der Waals surface area (Å²) in [4.78, 5) is 39.1. The molecule has 198 valence electrons. The lowest BCUT2D eigenvalue weighted by Crippen LogP contribution is -2.57.